The highest BCUT2D eigenvalue weighted by Gasteiger charge is 2.33. The van der Waals surface area contributed by atoms with Crippen molar-refractivity contribution >= 4 is 15.9 Å². The van der Waals surface area contributed by atoms with Gasteiger partial charge in [-0.3, -0.25) is 4.79 Å². The van der Waals surface area contributed by atoms with Crippen molar-refractivity contribution in [2.45, 2.75) is 38.1 Å². The molecule has 0 N–H and O–H groups in total. The van der Waals surface area contributed by atoms with E-state index in [-0.39, 0.29) is 17.6 Å². The van der Waals surface area contributed by atoms with E-state index in [0.29, 0.717) is 37.4 Å². The van der Waals surface area contributed by atoms with Crippen molar-refractivity contribution in [3.05, 3.63) is 65.0 Å². The fourth-order valence-electron chi connectivity index (χ4n) is 3.82. The molecule has 0 saturated carbocycles. The number of nitrogens with zero attached hydrogens (tertiary/aromatic N) is 2. The van der Waals surface area contributed by atoms with E-state index in [2.05, 4.69) is 0 Å². The SMILES string of the molecule is Cc1ccc(S(=O)(=O)N2CCC(C(=O)N(C)Cc3ccc(F)cc3)CC2)c(C)c1. The molecule has 0 aromatic heterocycles. The van der Waals surface area contributed by atoms with Gasteiger partial charge in [-0.15, -0.1) is 0 Å². The highest BCUT2D eigenvalue weighted by atomic mass is 32.2. The normalized spacial score (nSPS) is 16.0. The summed E-state index contributed by atoms with van der Waals surface area (Å²) in [6.07, 6.45) is 0.994. The molecule has 5 nitrogen and oxygen atoms in total. The van der Waals surface area contributed by atoms with Crippen molar-refractivity contribution in [1.82, 2.24) is 9.21 Å². The Bertz CT molecular complexity index is 982. The van der Waals surface area contributed by atoms with Gasteiger partial charge in [0.25, 0.3) is 0 Å². The molecule has 1 amide bonds. The van der Waals surface area contributed by atoms with E-state index in [1.54, 1.807) is 43.1 Å². The van der Waals surface area contributed by atoms with Gasteiger partial charge in [0.15, 0.2) is 0 Å². The second-order valence-corrected chi connectivity index (χ2v) is 9.67. The second-order valence-electron chi connectivity index (χ2n) is 7.77. The lowest BCUT2D eigenvalue weighted by Crippen LogP contribution is -2.43. The maximum absolute atomic E-state index is 13.0. The van der Waals surface area contributed by atoms with Crippen LogP contribution in [0.2, 0.25) is 0 Å². The number of aryl methyl sites for hydroxylation is 2. The molecule has 0 radical (unpaired) electrons. The lowest BCUT2D eigenvalue weighted by Gasteiger charge is -2.33. The van der Waals surface area contributed by atoms with E-state index in [0.717, 1.165) is 16.7 Å². The van der Waals surface area contributed by atoms with Crippen LogP contribution in [0, 0.1) is 25.6 Å². The van der Waals surface area contributed by atoms with Crippen LogP contribution in [-0.4, -0.2) is 43.7 Å². The van der Waals surface area contributed by atoms with Gasteiger partial charge in [0, 0.05) is 32.6 Å². The zero-order valence-electron chi connectivity index (χ0n) is 17.1. The van der Waals surface area contributed by atoms with Gasteiger partial charge in [-0.25, -0.2) is 12.8 Å². The zero-order chi connectivity index (χ0) is 21.2. The molecular weight excluding hydrogens is 391 g/mol. The maximum atomic E-state index is 13.0. The third-order valence-corrected chi connectivity index (χ3v) is 7.52. The molecule has 1 heterocycles. The predicted molar refractivity (Wildman–Crippen MR) is 110 cm³/mol. The van der Waals surface area contributed by atoms with E-state index in [9.17, 15) is 17.6 Å². The van der Waals surface area contributed by atoms with Crippen molar-refractivity contribution in [3.63, 3.8) is 0 Å². The Kier molecular flexibility index (Phi) is 6.39. The standard InChI is InChI=1S/C22H27FN2O3S/c1-16-4-9-21(17(2)14-16)29(27,28)25-12-10-19(11-13-25)22(26)24(3)15-18-5-7-20(23)8-6-18/h4-9,14,19H,10-13,15H2,1-3H3. The van der Waals surface area contributed by atoms with Crippen LogP contribution in [0.15, 0.2) is 47.4 Å². The minimum Gasteiger partial charge on any atom is -0.341 e. The van der Waals surface area contributed by atoms with E-state index in [1.807, 2.05) is 13.0 Å². The first kappa shape index (κ1) is 21.5. The Morgan fingerprint density at radius 3 is 2.31 bits per heavy atom. The minimum atomic E-state index is -3.56. The average Bonchev–Trinajstić information content (AvgIpc) is 2.69. The number of carbonyl (C=O) groups is 1. The van der Waals surface area contributed by atoms with Crippen molar-refractivity contribution in [2.24, 2.45) is 5.92 Å². The van der Waals surface area contributed by atoms with Gasteiger partial charge in [-0.2, -0.15) is 4.31 Å². The zero-order valence-corrected chi connectivity index (χ0v) is 17.9. The van der Waals surface area contributed by atoms with Crippen molar-refractivity contribution in [1.29, 1.82) is 0 Å². The molecule has 1 saturated heterocycles. The number of hydrogen-bond donors (Lipinski definition) is 0. The first-order chi connectivity index (χ1) is 13.7. The summed E-state index contributed by atoms with van der Waals surface area (Å²) in [6, 6.07) is 11.4. The Labute approximate surface area is 172 Å². The lowest BCUT2D eigenvalue weighted by atomic mass is 9.96. The number of sulfonamides is 1. The van der Waals surface area contributed by atoms with Gasteiger partial charge in [0.2, 0.25) is 15.9 Å². The molecule has 2 aromatic rings. The first-order valence-electron chi connectivity index (χ1n) is 9.75. The van der Waals surface area contributed by atoms with Crippen LogP contribution in [0.3, 0.4) is 0 Å². The minimum absolute atomic E-state index is 0.00195. The molecule has 1 aliphatic rings. The second kappa shape index (κ2) is 8.63. The highest BCUT2D eigenvalue weighted by Crippen LogP contribution is 2.27. The molecule has 0 unspecified atom stereocenters. The van der Waals surface area contributed by atoms with Gasteiger partial charge in [-0.05, 0) is 56.0 Å². The number of benzene rings is 2. The summed E-state index contributed by atoms with van der Waals surface area (Å²) in [5.74, 6) is -0.510. The summed E-state index contributed by atoms with van der Waals surface area (Å²) in [6.45, 7) is 4.80. The molecule has 7 heteroatoms. The van der Waals surface area contributed by atoms with Crippen LogP contribution in [-0.2, 0) is 21.4 Å². The fraction of sp³-hybridized carbons (Fsp3) is 0.409. The van der Waals surface area contributed by atoms with Crippen LogP contribution < -0.4 is 0 Å². The number of amides is 1. The van der Waals surface area contributed by atoms with Crippen molar-refractivity contribution in [3.8, 4) is 0 Å². The molecule has 0 bridgehead atoms. The summed E-state index contributed by atoms with van der Waals surface area (Å²) in [4.78, 5) is 14.7. The topological polar surface area (TPSA) is 57.7 Å². The Morgan fingerprint density at radius 2 is 1.72 bits per heavy atom. The Hall–Kier alpha value is -2.25. The number of halogens is 1. The van der Waals surface area contributed by atoms with E-state index in [1.165, 1.54) is 16.4 Å². The third-order valence-electron chi connectivity index (χ3n) is 5.46. The molecule has 29 heavy (non-hydrogen) atoms. The molecule has 1 fully saturated rings. The Morgan fingerprint density at radius 1 is 1.10 bits per heavy atom. The molecule has 0 atom stereocenters. The summed E-state index contributed by atoms with van der Waals surface area (Å²) >= 11 is 0. The molecule has 1 aliphatic heterocycles. The summed E-state index contributed by atoms with van der Waals surface area (Å²) in [7, 11) is -1.83. The maximum Gasteiger partial charge on any atom is 0.243 e. The highest BCUT2D eigenvalue weighted by molar-refractivity contribution is 7.89. The van der Waals surface area contributed by atoms with Gasteiger partial charge >= 0.3 is 0 Å². The van der Waals surface area contributed by atoms with Crippen LogP contribution >= 0.6 is 0 Å². The van der Waals surface area contributed by atoms with Gasteiger partial charge < -0.3 is 4.90 Å². The molecule has 3 rings (SSSR count). The van der Waals surface area contributed by atoms with Crippen LogP contribution in [0.1, 0.15) is 29.5 Å². The number of piperidine rings is 1. The monoisotopic (exact) mass is 418 g/mol. The quantitative estimate of drug-likeness (QED) is 0.747. The van der Waals surface area contributed by atoms with E-state index < -0.39 is 10.0 Å². The number of carbonyl (C=O) groups excluding carboxylic acids is 1. The number of hydrogen-bond acceptors (Lipinski definition) is 3. The average molecular weight is 419 g/mol. The van der Waals surface area contributed by atoms with Crippen molar-refractivity contribution in [2.75, 3.05) is 20.1 Å². The van der Waals surface area contributed by atoms with Crippen LogP contribution in [0.25, 0.3) is 0 Å². The molecular formula is C22H27FN2O3S. The molecule has 0 spiro atoms. The van der Waals surface area contributed by atoms with E-state index >= 15 is 0 Å². The fourth-order valence-corrected chi connectivity index (χ4v) is 5.50. The largest absolute Gasteiger partial charge is 0.341 e. The summed E-state index contributed by atoms with van der Waals surface area (Å²) in [5, 5.41) is 0. The third kappa shape index (κ3) is 4.85. The molecule has 0 aliphatic carbocycles. The first-order valence-corrected chi connectivity index (χ1v) is 11.2. The van der Waals surface area contributed by atoms with Gasteiger partial charge in [0.05, 0.1) is 4.90 Å². The van der Waals surface area contributed by atoms with Gasteiger partial charge in [0.1, 0.15) is 5.82 Å². The number of rotatable bonds is 5. The smallest absolute Gasteiger partial charge is 0.243 e. The van der Waals surface area contributed by atoms with Gasteiger partial charge in [-0.1, -0.05) is 29.8 Å². The molecule has 2 aromatic carbocycles. The van der Waals surface area contributed by atoms with Crippen LogP contribution in [0.4, 0.5) is 4.39 Å². The predicted octanol–water partition coefficient (Wildman–Crippen LogP) is 3.50. The Balaban J connectivity index is 1.62. The van der Waals surface area contributed by atoms with Crippen molar-refractivity contribution < 1.29 is 17.6 Å². The summed E-state index contributed by atoms with van der Waals surface area (Å²) in [5.41, 5.74) is 2.62. The van der Waals surface area contributed by atoms with Crippen LogP contribution in [0.5, 0.6) is 0 Å². The summed E-state index contributed by atoms with van der Waals surface area (Å²) < 4.78 is 40.5. The lowest BCUT2D eigenvalue weighted by molar-refractivity contribution is -0.135. The van der Waals surface area contributed by atoms with E-state index in [4.69, 9.17) is 0 Å². The molecule has 156 valence electrons.